The van der Waals surface area contributed by atoms with Gasteiger partial charge in [0.2, 0.25) is 10.0 Å². The van der Waals surface area contributed by atoms with Gasteiger partial charge in [0.25, 0.3) is 5.91 Å². The minimum atomic E-state index is -3.90. The molecule has 2 heterocycles. The molecule has 4 N–H and O–H groups in total. The van der Waals surface area contributed by atoms with Crippen LogP contribution in [0, 0.1) is 12.3 Å². The predicted molar refractivity (Wildman–Crippen MR) is 83.6 cm³/mol. The van der Waals surface area contributed by atoms with Crippen molar-refractivity contribution < 1.29 is 22.4 Å². The van der Waals surface area contributed by atoms with E-state index in [9.17, 15) is 13.2 Å². The zero-order valence-electron chi connectivity index (χ0n) is 13.3. The second-order valence-electron chi connectivity index (χ2n) is 5.94. The Kier molecular flexibility index (Phi) is 5.45. The molecule has 0 saturated carbocycles. The Bertz CT molecular complexity index is 656. The van der Waals surface area contributed by atoms with Crippen LogP contribution >= 0.6 is 0 Å². The maximum atomic E-state index is 12.2. The van der Waals surface area contributed by atoms with Crippen LogP contribution in [0.1, 0.15) is 29.2 Å². The molecular formula is C14H23N3O5S. The second-order valence-corrected chi connectivity index (χ2v) is 7.47. The molecule has 1 amide bonds. The zero-order valence-corrected chi connectivity index (χ0v) is 14.2. The zero-order chi connectivity index (χ0) is 17.1. The number of carbonyl (C=O) groups excluding carboxylic acids is 1. The number of methoxy groups -OCH3 is 1. The highest BCUT2D eigenvalue weighted by Crippen LogP contribution is 2.28. The van der Waals surface area contributed by atoms with Crippen LogP contribution in [0.2, 0.25) is 0 Å². The Labute approximate surface area is 135 Å². The Morgan fingerprint density at radius 3 is 2.65 bits per heavy atom. The number of carbonyl (C=O) groups is 1. The van der Waals surface area contributed by atoms with Crippen molar-refractivity contribution in [1.29, 1.82) is 0 Å². The van der Waals surface area contributed by atoms with Crippen LogP contribution in [0.3, 0.4) is 0 Å². The molecule has 1 saturated heterocycles. The third kappa shape index (κ3) is 4.31. The highest BCUT2D eigenvalue weighted by atomic mass is 32.2. The lowest BCUT2D eigenvalue weighted by Gasteiger charge is -2.37. The molecule has 0 atom stereocenters. The summed E-state index contributed by atoms with van der Waals surface area (Å²) >= 11 is 0. The number of nitrogens with two attached hydrogens (primary N) is 1. The van der Waals surface area contributed by atoms with Gasteiger partial charge in [-0.25, -0.2) is 13.6 Å². The summed E-state index contributed by atoms with van der Waals surface area (Å²) in [6.45, 7) is 4.18. The van der Waals surface area contributed by atoms with E-state index in [1.54, 1.807) is 7.11 Å². The lowest BCUT2D eigenvalue weighted by atomic mass is 9.79. The van der Waals surface area contributed by atoms with E-state index >= 15 is 0 Å². The van der Waals surface area contributed by atoms with Crippen molar-refractivity contribution in [1.82, 2.24) is 10.6 Å². The van der Waals surface area contributed by atoms with Gasteiger partial charge in [-0.3, -0.25) is 4.79 Å². The molecule has 130 valence electrons. The van der Waals surface area contributed by atoms with Gasteiger partial charge < -0.3 is 19.8 Å². The molecule has 1 aromatic heterocycles. The molecule has 0 aliphatic carbocycles. The molecule has 0 bridgehead atoms. The molecule has 1 aromatic rings. The summed E-state index contributed by atoms with van der Waals surface area (Å²) in [5, 5.41) is 11.2. The van der Waals surface area contributed by atoms with Crippen LogP contribution < -0.4 is 15.8 Å². The number of nitrogens with one attached hydrogen (secondary N) is 2. The normalized spacial score (nSPS) is 17.9. The molecule has 8 nitrogen and oxygen atoms in total. The third-order valence-electron chi connectivity index (χ3n) is 4.14. The van der Waals surface area contributed by atoms with Gasteiger partial charge in [-0.1, -0.05) is 0 Å². The molecule has 0 spiro atoms. The Balaban J connectivity index is 2.07. The first-order valence-corrected chi connectivity index (χ1v) is 8.93. The summed E-state index contributed by atoms with van der Waals surface area (Å²) in [4.78, 5) is 12.1. The molecule has 1 aliphatic rings. The van der Waals surface area contributed by atoms with Crippen LogP contribution in [-0.2, 0) is 14.8 Å². The molecular weight excluding hydrogens is 322 g/mol. The SMILES string of the molecule is COCC1(CNC(=O)c2cc(S(N)(=O)=O)c(C)o2)CCNCC1. The number of primary sulfonamides is 1. The van der Waals surface area contributed by atoms with Crippen molar-refractivity contribution >= 4 is 15.9 Å². The van der Waals surface area contributed by atoms with Crippen LogP contribution in [0.15, 0.2) is 15.4 Å². The van der Waals surface area contributed by atoms with E-state index in [0.717, 1.165) is 32.0 Å². The number of amides is 1. The summed E-state index contributed by atoms with van der Waals surface area (Å²) in [5.41, 5.74) is -0.125. The smallest absolute Gasteiger partial charge is 0.287 e. The lowest BCUT2D eigenvalue weighted by molar-refractivity contribution is 0.0506. The van der Waals surface area contributed by atoms with Gasteiger partial charge in [0.05, 0.1) is 6.61 Å². The standard InChI is InChI=1S/C14H23N3O5S/c1-10-12(23(15,19)20)7-11(22-10)13(18)17-8-14(9-21-2)3-5-16-6-4-14/h7,16H,3-6,8-9H2,1-2H3,(H,17,18)(H2,15,19,20). The first-order chi connectivity index (χ1) is 10.8. The first kappa shape index (κ1) is 17.9. The van der Waals surface area contributed by atoms with Gasteiger partial charge in [0.15, 0.2) is 5.76 Å². The fourth-order valence-electron chi connectivity index (χ4n) is 2.85. The number of hydrogen-bond donors (Lipinski definition) is 3. The van der Waals surface area contributed by atoms with E-state index in [0.29, 0.717) is 13.2 Å². The monoisotopic (exact) mass is 345 g/mol. The first-order valence-electron chi connectivity index (χ1n) is 7.38. The minimum absolute atomic E-state index is 0.0620. The number of piperidine rings is 1. The summed E-state index contributed by atoms with van der Waals surface area (Å²) in [5.74, 6) is -0.420. The van der Waals surface area contributed by atoms with Crippen LogP contribution in [0.4, 0.5) is 0 Å². The molecule has 1 fully saturated rings. The van der Waals surface area contributed by atoms with Gasteiger partial charge in [-0.15, -0.1) is 0 Å². The lowest BCUT2D eigenvalue weighted by Crippen LogP contribution is -2.47. The number of aryl methyl sites for hydroxylation is 1. The number of ether oxygens (including phenoxy) is 1. The fraction of sp³-hybridized carbons (Fsp3) is 0.643. The van der Waals surface area contributed by atoms with E-state index < -0.39 is 15.9 Å². The van der Waals surface area contributed by atoms with Crippen molar-refractivity contribution in [3.8, 4) is 0 Å². The van der Waals surface area contributed by atoms with Crippen molar-refractivity contribution in [3.63, 3.8) is 0 Å². The fourth-order valence-corrected chi connectivity index (χ4v) is 3.56. The molecule has 2 rings (SSSR count). The van der Waals surface area contributed by atoms with Gasteiger partial charge in [-0.05, 0) is 32.9 Å². The predicted octanol–water partition coefficient (Wildman–Crippen LogP) is -0.0186. The minimum Gasteiger partial charge on any atom is -0.455 e. The maximum Gasteiger partial charge on any atom is 0.287 e. The molecule has 23 heavy (non-hydrogen) atoms. The summed E-state index contributed by atoms with van der Waals surface area (Å²) < 4.78 is 33.3. The summed E-state index contributed by atoms with van der Waals surface area (Å²) in [6, 6.07) is 1.16. The molecule has 9 heteroatoms. The quantitative estimate of drug-likeness (QED) is 0.666. The van der Waals surface area contributed by atoms with Gasteiger partial charge >= 0.3 is 0 Å². The van der Waals surface area contributed by atoms with Crippen LogP contribution in [-0.4, -0.2) is 47.7 Å². The average Bonchev–Trinajstić information content (AvgIpc) is 2.88. The van der Waals surface area contributed by atoms with E-state index in [1.807, 2.05) is 0 Å². The number of hydrogen-bond acceptors (Lipinski definition) is 6. The van der Waals surface area contributed by atoms with Crippen LogP contribution in [0.5, 0.6) is 0 Å². The summed E-state index contributed by atoms with van der Waals surface area (Å²) in [6.07, 6.45) is 1.78. The third-order valence-corrected chi connectivity index (χ3v) is 5.16. The van der Waals surface area contributed by atoms with Crippen molar-refractivity contribution in [2.75, 3.05) is 33.4 Å². The maximum absolute atomic E-state index is 12.2. The van der Waals surface area contributed by atoms with E-state index in [2.05, 4.69) is 10.6 Å². The van der Waals surface area contributed by atoms with Crippen LogP contribution in [0.25, 0.3) is 0 Å². The Hall–Kier alpha value is -1.42. The Morgan fingerprint density at radius 1 is 1.48 bits per heavy atom. The molecule has 0 unspecified atom stereocenters. The highest BCUT2D eigenvalue weighted by molar-refractivity contribution is 7.89. The average molecular weight is 345 g/mol. The largest absolute Gasteiger partial charge is 0.455 e. The number of furan rings is 1. The topological polar surface area (TPSA) is 124 Å². The number of sulfonamides is 1. The highest BCUT2D eigenvalue weighted by Gasteiger charge is 2.33. The summed E-state index contributed by atoms with van der Waals surface area (Å²) in [7, 11) is -2.27. The van der Waals surface area contributed by atoms with Crippen molar-refractivity contribution in [2.24, 2.45) is 10.6 Å². The molecule has 0 aromatic carbocycles. The van der Waals surface area contributed by atoms with Crippen molar-refractivity contribution in [3.05, 3.63) is 17.6 Å². The number of rotatable bonds is 6. The Morgan fingerprint density at radius 2 is 2.13 bits per heavy atom. The van der Waals surface area contributed by atoms with Gasteiger partial charge in [-0.2, -0.15) is 0 Å². The van der Waals surface area contributed by atoms with Gasteiger partial charge in [0.1, 0.15) is 10.7 Å². The second kappa shape index (κ2) is 7.00. The van der Waals surface area contributed by atoms with E-state index in [-0.39, 0.29) is 21.8 Å². The molecule has 1 aliphatic heterocycles. The van der Waals surface area contributed by atoms with Crippen molar-refractivity contribution in [2.45, 2.75) is 24.7 Å². The molecule has 0 radical (unpaired) electrons. The van der Waals surface area contributed by atoms with Gasteiger partial charge in [0, 0.05) is 25.1 Å². The van der Waals surface area contributed by atoms with E-state index in [1.165, 1.54) is 6.92 Å². The van der Waals surface area contributed by atoms with E-state index in [4.69, 9.17) is 14.3 Å².